The summed E-state index contributed by atoms with van der Waals surface area (Å²) in [5.41, 5.74) is -1.49. The van der Waals surface area contributed by atoms with Crippen molar-refractivity contribution < 1.29 is 63.5 Å². The Balaban J connectivity index is 0.000000238. The Kier molecular flexibility index (Phi) is 21.3. The van der Waals surface area contributed by atoms with Gasteiger partial charge in [-0.15, -0.1) is 0 Å². The number of rotatable bonds is 17. The van der Waals surface area contributed by atoms with Crippen LogP contribution in [0.2, 0.25) is 0 Å². The molecule has 0 radical (unpaired) electrons. The molecule has 1 aromatic heterocycles. The number of carboxylic acid groups (broad SMARTS) is 3. The maximum atomic E-state index is 10.3. The van der Waals surface area contributed by atoms with Gasteiger partial charge in [0.15, 0.2) is 5.60 Å². The van der Waals surface area contributed by atoms with E-state index in [1.165, 1.54) is 59.2 Å². The third-order valence-corrected chi connectivity index (χ3v) is 10.4. The molecule has 0 bridgehead atoms. The molecule has 0 spiro atoms. The third kappa shape index (κ3) is 18.7. The first-order valence-electron chi connectivity index (χ1n) is 19.8. The van der Waals surface area contributed by atoms with Crippen LogP contribution in [0, 0.1) is 5.92 Å². The predicted molar refractivity (Wildman–Crippen MR) is 235 cm³/mol. The first-order chi connectivity index (χ1) is 29.0. The van der Waals surface area contributed by atoms with Crippen LogP contribution in [-0.2, 0) is 18.9 Å². The number of carbonyl (C=O) groups is 3. The minimum Gasteiger partial charge on any atom is -0.490 e. The molecule has 332 valence electrons. The highest BCUT2D eigenvalue weighted by Gasteiger charge is 2.40. The van der Waals surface area contributed by atoms with E-state index < -0.39 is 44.2 Å². The van der Waals surface area contributed by atoms with E-state index in [2.05, 4.69) is 112 Å². The summed E-state index contributed by atoms with van der Waals surface area (Å²) in [6, 6.07) is 31.7. The zero-order chi connectivity index (χ0) is 44.8. The average molecular weight is 885 g/mol. The second-order valence-electron chi connectivity index (χ2n) is 14.5. The number of carboxylic acids is 3. The first kappa shape index (κ1) is 50.5. The standard InChI is InChI=1S/C20H27NO.C18H19NOS.C6H8O7.H3O4P/c1-21-14-13-20(17-8-3-2-4-9-17)22-19-12-11-16-7-5-6-10-18(16)15-19;1-19-11-9-17(15-10-12-21-13-15)20-18-8-4-6-14-5-2-3-7-16(14)18;7-3(8)1-6(13,5(11)12)2-4(9)10;1-5(2,3)4/h5-7,10-12,15,17,20-21H,2-4,8-9,13-14H2,1H3;2-8,10,12-13,17,19H,9,11H2,1H3;13H,1-2H2,(H,7,8)(H,9,10)(H,11,12);(H3,1,2,3,4). The fourth-order valence-electron chi connectivity index (χ4n) is 6.79. The first-order valence-corrected chi connectivity index (χ1v) is 22.3. The van der Waals surface area contributed by atoms with Crippen LogP contribution in [0.3, 0.4) is 0 Å². The van der Waals surface area contributed by atoms with Gasteiger partial charge in [0.05, 0.1) is 12.8 Å². The molecule has 61 heavy (non-hydrogen) atoms. The molecule has 17 heteroatoms. The van der Waals surface area contributed by atoms with E-state index in [1.54, 1.807) is 11.3 Å². The lowest BCUT2D eigenvalue weighted by Crippen LogP contribution is -2.42. The summed E-state index contributed by atoms with van der Waals surface area (Å²) >= 11 is 1.72. The molecule has 1 heterocycles. The number of ether oxygens (including phenoxy) is 2. The van der Waals surface area contributed by atoms with Crippen molar-refractivity contribution in [3.8, 4) is 11.5 Å². The Labute approximate surface area is 359 Å². The number of aliphatic hydroxyl groups is 1. The number of nitrogens with one attached hydrogen (secondary N) is 2. The largest absolute Gasteiger partial charge is 0.490 e. The van der Waals surface area contributed by atoms with Gasteiger partial charge in [0.25, 0.3) is 0 Å². The number of phosphoric acid groups is 1. The van der Waals surface area contributed by atoms with Crippen LogP contribution in [0.15, 0.2) is 102 Å². The summed E-state index contributed by atoms with van der Waals surface area (Å²) in [6.07, 6.45) is 6.95. The fourth-order valence-corrected chi connectivity index (χ4v) is 7.49. The Morgan fingerprint density at radius 2 is 1.33 bits per heavy atom. The molecule has 0 saturated heterocycles. The highest BCUT2D eigenvalue weighted by molar-refractivity contribution is 7.45. The number of hydrogen-bond donors (Lipinski definition) is 9. The van der Waals surface area contributed by atoms with Crippen molar-refractivity contribution in [1.29, 1.82) is 0 Å². The molecule has 15 nitrogen and oxygen atoms in total. The zero-order valence-electron chi connectivity index (χ0n) is 34.3. The van der Waals surface area contributed by atoms with Gasteiger partial charge in [-0.1, -0.05) is 86.0 Å². The molecule has 4 aromatic carbocycles. The molecular formula is C44H57N2O13PS. The Morgan fingerprint density at radius 3 is 1.90 bits per heavy atom. The van der Waals surface area contributed by atoms with Crippen LogP contribution >= 0.6 is 19.2 Å². The lowest BCUT2D eigenvalue weighted by molar-refractivity contribution is -0.170. The molecule has 0 amide bonds. The highest BCUT2D eigenvalue weighted by Crippen LogP contribution is 2.33. The number of hydrogen-bond acceptors (Lipinski definition) is 10. The maximum Gasteiger partial charge on any atom is 0.466 e. The van der Waals surface area contributed by atoms with Crippen molar-refractivity contribution in [2.75, 3.05) is 27.2 Å². The smallest absolute Gasteiger partial charge is 0.466 e. The van der Waals surface area contributed by atoms with Gasteiger partial charge in [0.2, 0.25) is 0 Å². The Morgan fingerprint density at radius 1 is 0.754 bits per heavy atom. The Bertz CT molecular complexity index is 2110. The van der Waals surface area contributed by atoms with Crippen molar-refractivity contribution in [2.24, 2.45) is 5.92 Å². The van der Waals surface area contributed by atoms with E-state index in [4.69, 9.17) is 49.1 Å². The molecule has 1 aliphatic carbocycles. The van der Waals surface area contributed by atoms with Crippen molar-refractivity contribution in [2.45, 2.75) is 75.6 Å². The van der Waals surface area contributed by atoms with E-state index in [0.717, 1.165) is 37.4 Å². The molecule has 1 aliphatic rings. The summed E-state index contributed by atoms with van der Waals surface area (Å²) in [6.45, 7) is 1.96. The summed E-state index contributed by atoms with van der Waals surface area (Å²) < 4.78 is 21.6. The molecule has 1 saturated carbocycles. The second kappa shape index (κ2) is 25.8. The zero-order valence-corrected chi connectivity index (χ0v) is 36.0. The second-order valence-corrected chi connectivity index (χ2v) is 16.3. The minimum atomic E-state index is -4.64. The van der Waals surface area contributed by atoms with E-state index in [9.17, 15) is 14.4 Å². The van der Waals surface area contributed by atoms with Gasteiger partial charge in [-0.2, -0.15) is 11.3 Å². The number of aliphatic carboxylic acids is 3. The molecule has 1 fully saturated rings. The van der Waals surface area contributed by atoms with Crippen LogP contribution in [0.1, 0.15) is 69.5 Å². The molecule has 0 aliphatic heterocycles. The van der Waals surface area contributed by atoms with E-state index in [0.29, 0.717) is 12.0 Å². The van der Waals surface area contributed by atoms with Crippen molar-refractivity contribution >= 4 is 58.6 Å². The van der Waals surface area contributed by atoms with Crippen LogP contribution in [0.5, 0.6) is 11.5 Å². The summed E-state index contributed by atoms with van der Waals surface area (Å²) in [7, 11) is -0.642. The lowest BCUT2D eigenvalue weighted by atomic mass is 9.84. The van der Waals surface area contributed by atoms with E-state index in [-0.39, 0.29) is 6.10 Å². The highest BCUT2D eigenvalue weighted by atomic mass is 32.1. The molecule has 9 N–H and O–H groups in total. The summed E-state index contributed by atoms with van der Waals surface area (Å²) in [5.74, 6) is -2.33. The van der Waals surface area contributed by atoms with Gasteiger partial charge in [-0.05, 0) is 104 Å². The molecule has 6 rings (SSSR count). The van der Waals surface area contributed by atoms with Crippen LogP contribution < -0.4 is 20.1 Å². The number of fused-ring (bicyclic) bond motifs is 2. The van der Waals surface area contributed by atoms with Gasteiger partial charge in [0, 0.05) is 17.4 Å². The predicted octanol–water partition coefficient (Wildman–Crippen LogP) is 7.23. The SMILES string of the molecule is CNCCC(Oc1ccc2ccccc2c1)C1CCCCC1.CNCCC(Oc1cccc2ccccc12)c1ccsc1.O=C(O)CC(O)(CC(=O)O)C(=O)O.O=P(O)(O)O. The average Bonchev–Trinajstić information content (AvgIpc) is 3.76. The number of benzene rings is 4. The lowest BCUT2D eigenvalue weighted by Gasteiger charge is -2.31. The monoisotopic (exact) mass is 884 g/mol. The van der Waals surface area contributed by atoms with Crippen LogP contribution in [0.25, 0.3) is 21.5 Å². The topological polar surface area (TPSA) is 252 Å². The molecule has 2 atom stereocenters. The van der Waals surface area contributed by atoms with Gasteiger partial charge < -0.3 is 55.2 Å². The maximum absolute atomic E-state index is 10.3. The van der Waals surface area contributed by atoms with E-state index in [1.807, 2.05) is 14.1 Å². The molecule has 2 unspecified atom stereocenters. The quantitative estimate of drug-likeness (QED) is 0.0418. The third-order valence-electron chi connectivity index (χ3n) is 9.74. The van der Waals surface area contributed by atoms with Gasteiger partial charge in [0.1, 0.15) is 23.7 Å². The molecule has 5 aromatic rings. The minimum absolute atomic E-state index is 0.0921. The van der Waals surface area contributed by atoms with Gasteiger partial charge in [-0.3, -0.25) is 9.59 Å². The van der Waals surface area contributed by atoms with E-state index >= 15 is 0 Å². The van der Waals surface area contributed by atoms with Crippen LogP contribution in [0.4, 0.5) is 0 Å². The van der Waals surface area contributed by atoms with Gasteiger partial charge >= 0.3 is 25.7 Å². The van der Waals surface area contributed by atoms with Crippen molar-refractivity contribution in [3.63, 3.8) is 0 Å². The molecular weight excluding hydrogens is 828 g/mol. The normalized spacial score (nSPS) is 13.9. The Hall–Kier alpha value is -4.90. The van der Waals surface area contributed by atoms with Crippen molar-refractivity contribution in [3.05, 3.63) is 107 Å². The number of thiophene rings is 1. The summed E-state index contributed by atoms with van der Waals surface area (Å²) in [5, 5.41) is 49.5. The van der Waals surface area contributed by atoms with Crippen molar-refractivity contribution in [1.82, 2.24) is 10.6 Å². The van der Waals surface area contributed by atoms with Gasteiger partial charge in [-0.25, -0.2) is 9.36 Å². The summed E-state index contributed by atoms with van der Waals surface area (Å²) in [4.78, 5) is 52.0. The van der Waals surface area contributed by atoms with Crippen LogP contribution in [-0.4, -0.2) is 91.9 Å². The fraction of sp³-hybridized carbons (Fsp3) is 0.386.